The standard InChI is InChI=1S/C16H25F3N6/c1-5-24(6-2)9-7-8-11(3)20-13-10-12(4)21-15-22-14(16(17,18)19)23-25(13)15/h10-11,20H,5-9H2,1-4H3. The van der Waals surface area contributed by atoms with E-state index in [1.807, 2.05) is 6.92 Å². The van der Waals surface area contributed by atoms with Crippen LogP contribution in [0.1, 0.15) is 45.1 Å². The molecule has 0 fully saturated rings. The number of nitrogens with zero attached hydrogens (tertiary/aromatic N) is 5. The van der Waals surface area contributed by atoms with Gasteiger partial charge in [0.25, 0.3) is 11.6 Å². The van der Waals surface area contributed by atoms with Crippen molar-refractivity contribution in [2.75, 3.05) is 25.0 Å². The van der Waals surface area contributed by atoms with Gasteiger partial charge in [0.15, 0.2) is 0 Å². The zero-order valence-electron chi connectivity index (χ0n) is 15.1. The third-order valence-corrected chi connectivity index (χ3v) is 4.09. The second-order valence-corrected chi connectivity index (χ2v) is 6.14. The number of alkyl halides is 3. The summed E-state index contributed by atoms with van der Waals surface area (Å²) in [6, 6.07) is 1.78. The van der Waals surface area contributed by atoms with Crippen LogP contribution in [0.3, 0.4) is 0 Å². The molecule has 2 aromatic heterocycles. The lowest BCUT2D eigenvalue weighted by Crippen LogP contribution is -2.26. The van der Waals surface area contributed by atoms with Crippen LogP contribution in [0.15, 0.2) is 6.07 Å². The van der Waals surface area contributed by atoms with Gasteiger partial charge in [0.1, 0.15) is 5.82 Å². The van der Waals surface area contributed by atoms with Gasteiger partial charge in [-0.3, -0.25) is 0 Å². The Bertz CT molecular complexity index is 693. The van der Waals surface area contributed by atoms with Crippen LogP contribution < -0.4 is 5.32 Å². The largest absolute Gasteiger partial charge is 0.453 e. The smallest absolute Gasteiger partial charge is 0.367 e. The van der Waals surface area contributed by atoms with Gasteiger partial charge in [0.2, 0.25) is 0 Å². The van der Waals surface area contributed by atoms with Crippen LogP contribution in [0.5, 0.6) is 0 Å². The van der Waals surface area contributed by atoms with Gasteiger partial charge in [-0.1, -0.05) is 13.8 Å². The minimum Gasteiger partial charge on any atom is -0.367 e. The summed E-state index contributed by atoms with van der Waals surface area (Å²) in [6.07, 6.45) is -2.68. The second kappa shape index (κ2) is 7.99. The number of halogens is 3. The van der Waals surface area contributed by atoms with E-state index < -0.39 is 12.0 Å². The molecule has 6 nitrogen and oxygen atoms in total. The Morgan fingerprint density at radius 3 is 2.52 bits per heavy atom. The predicted octanol–water partition coefficient (Wildman–Crippen LogP) is 3.37. The van der Waals surface area contributed by atoms with Crippen LogP contribution in [-0.4, -0.2) is 50.2 Å². The maximum atomic E-state index is 12.8. The summed E-state index contributed by atoms with van der Waals surface area (Å²) in [5.41, 5.74) is 0.589. The highest BCUT2D eigenvalue weighted by atomic mass is 19.4. The lowest BCUT2D eigenvalue weighted by molar-refractivity contribution is -0.144. The van der Waals surface area contributed by atoms with Crippen LogP contribution in [-0.2, 0) is 6.18 Å². The number of nitrogens with one attached hydrogen (secondary N) is 1. The first-order valence-corrected chi connectivity index (χ1v) is 8.55. The van der Waals surface area contributed by atoms with Crippen LogP contribution >= 0.6 is 0 Å². The van der Waals surface area contributed by atoms with Gasteiger partial charge in [-0.25, -0.2) is 4.98 Å². The lowest BCUT2D eigenvalue weighted by Gasteiger charge is -2.20. The molecule has 0 saturated heterocycles. The summed E-state index contributed by atoms with van der Waals surface area (Å²) in [7, 11) is 0. The topological polar surface area (TPSA) is 58.3 Å². The fraction of sp³-hybridized carbons (Fsp3) is 0.688. The maximum absolute atomic E-state index is 12.8. The van der Waals surface area contributed by atoms with Crippen molar-refractivity contribution in [2.24, 2.45) is 0 Å². The minimum absolute atomic E-state index is 0.0508. The molecule has 0 aromatic carbocycles. The van der Waals surface area contributed by atoms with Crippen molar-refractivity contribution in [3.63, 3.8) is 0 Å². The molecule has 1 unspecified atom stereocenters. The van der Waals surface area contributed by atoms with Gasteiger partial charge in [-0.15, -0.1) is 5.10 Å². The molecule has 0 aliphatic carbocycles. The van der Waals surface area contributed by atoms with E-state index in [0.717, 1.165) is 37.0 Å². The maximum Gasteiger partial charge on any atom is 0.453 e. The summed E-state index contributed by atoms with van der Waals surface area (Å²) < 4.78 is 39.6. The van der Waals surface area contributed by atoms with Gasteiger partial charge in [0.05, 0.1) is 0 Å². The molecular formula is C16H25F3N6. The summed E-state index contributed by atoms with van der Waals surface area (Å²) in [4.78, 5) is 9.86. The molecule has 2 rings (SSSR count). The van der Waals surface area contributed by atoms with Crippen molar-refractivity contribution < 1.29 is 13.2 Å². The Morgan fingerprint density at radius 2 is 1.92 bits per heavy atom. The fourth-order valence-corrected chi connectivity index (χ4v) is 2.70. The van der Waals surface area contributed by atoms with Crippen molar-refractivity contribution in [3.05, 3.63) is 17.6 Å². The number of aromatic nitrogens is 4. The first kappa shape index (κ1) is 19.4. The summed E-state index contributed by atoms with van der Waals surface area (Å²) >= 11 is 0. The van der Waals surface area contributed by atoms with E-state index in [2.05, 4.69) is 39.1 Å². The number of fused-ring (bicyclic) bond motifs is 1. The Kier molecular flexibility index (Phi) is 6.21. The molecule has 9 heteroatoms. The number of hydrogen-bond donors (Lipinski definition) is 1. The molecule has 1 N–H and O–H groups in total. The summed E-state index contributed by atoms with van der Waals surface area (Å²) in [6.45, 7) is 11.0. The fourth-order valence-electron chi connectivity index (χ4n) is 2.70. The van der Waals surface area contributed by atoms with Crippen LogP contribution in [0.4, 0.5) is 19.0 Å². The van der Waals surface area contributed by atoms with E-state index in [-0.39, 0.29) is 11.8 Å². The highest BCUT2D eigenvalue weighted by molar-refractivity contribution is 5.46. The van der Waals surface area contributed by atoms with Crippen LogP contribution in [0.25, 0.3) is 5.78 Å². The first-order valence-electron chi connectivity index (χ1n) is 8.55. The molecule has 0 amide bonds. The molecule has 1 atom stereocenters. The molecule has 0 spiro atoms. The van der Waals surface area contributed by atoms with Crippen molar-refractivity contribution in [1.29, 1.82) is 0 Å². The number of aryl methyl sites for hydroxylation is 1. The van der Waals surface area contributed by atoms with Gasteiger partial charge in [0, 0.05) is 17.8 Å². The number of rotatable bonds is 8. The molecule has 0 radical (unpaired) electrons. The van der Waals surface area contributed by atoms with Crippen molar-refractivity contribution in [2.45, 2.75) is 52.8 Å². The van der Waals surface area contributed by atoms with Gasteiger partial charge in [-0.05, 0) is 46.3 Å². The molecular weight excluding hydrogens is 333 g/mol. The highest BCUT2D eigenvalue weighted by Gasteiger charge is 2.36. The first-order chi connectivity index (χ1) is 11.7. The molecule has 25 heavy (non-hydrogen) atoms. The Balaban J connectivity index is 2.10. The zero-order chi connectivity index (χ0) is 18.6. The van der Waals surface area contributed by atoms with E-state index in [0.29, 0.717) is 11.5 Å². The Labute approximate surface area is 145 Å². The van der Waals surface area contributed by atoms with E-state index in [4.69, 9.17) is 0 Å². The van der Waals surface area contributed by atoms with Crippen molar-refractivity contribution in [3.8, 4) is 0 Å². The molecule has 0 aliphatic rings. The number of hydrogen-bond acceptors (Lipinski definition) is 5. The SMILES string of the molecule is CCN(CC)CCCC(C)Nc1cc(C)nc2nc(C(F)(F)F)nn12. The molecule has 0 aliphatic heterocycles. The number of anilines is 1. The van der Waals surface area contributed by atoms with Crippen LogP contribution in [0.2, 0.25) is 0 Å². The predicted molar refractivity (Wildman–Crippen MR) is 90.6 cm³/mol. The highest BCUT2D eigenvalue weighted by Crippen LogP contribution is 2.27. The van der Waals surface area contributed by atoms with Crippen LogP contribution in [0, 0.1) is 6.92 Å². The molecule has 0 saturated carbocycles. The summed E-state index contributed by atoms with van der Waals surface area (Å²) in [5, 5.41) is 6.80. The molecule has 2 heterocycles. The third kappa shape index (κ3) is 5.04. The molecule has 0 bridgehead atoms. The molecule has 2 aromatic rings. The Hall–Kier alpha value is -1.90. The third-order valence-electron chi connectivity index (χ3n) is 4.09. The lowest BCUT2D eigenvalue weighted by atomic mass is 10.1. The quantitative estimate of drug-likeness (QED) is 0.784. The summed E-state index contributed by atoms with van der Waals surface area (Å²) in [5.74, 6) is -0.756. The van der Waals surface area contributed by atoms with E-state index in [1.165, 1.54) is 0 Å². The average Bonchev–Trinajstić information content (AvgIpc) is 2.96. The van der Waals surface area contributed by atoms with Gasteiger partial charge >= 0.3 is 6.18 Å². The van der Waals surface area contributed by atoms with Gasteiger partial charge in [-0.2, -0.15) is 22.7 Å². The zero-order valence-corrected chi connectivity index (χ0v) is 15.1. The second-order valence-electron chi connectivity index (χ2n) is 6.14. The van der Waals surface area contributed by atoms with Crippen molar-refractivity contribution in [1.82, 2.24) is 24.5 Å². The monoisotopic (exact) mass is 358 g/mol. The Morgan fingerprint density at radius 1 is 1.24 bits per heavy atom. The van der Waals surface area contributed by atoms with Crippen molar-refractivity contribution >= 4 is 11.6 Å². The molecule has 140 valence electrons. The van der Waals surface area contributed by atoms with Gasteiger partial charge < -0.3 is 10.2 Å². The minimum atomic E-state index is -4.59. The average molecular weight is 358 g/mol. The van der Waals surface area contributed by atoms with E-state index in [1.54, 1.807) is 13.0 Å². The van der Waals surface area contributed by atoms with E-state index >= 15 is 0 Å². The normalized spacial score (nSPS) is 13.6. The van der Waals surface area contributed by atoms with E-state index in [9.17, 15) is 13.2 Å².